The van der Waals surface area contributed by atoms with Crippen LogP contribution in [0.1, 0.15) is 29.7 Å². The molecule has 1 N–H and O–H groups in total. The highest BCUT2D eigenvalue weighted by molar-refractivity contribution is 5.74. The van der Waals surface area contributed by atoms with Crippen molar-refractivity contribution in [3.8, 4) is 5.75 Å². The van der Waals surface area contributed by atoms with Gasteiger partial charge in [0.15, 0.2) is 0 Å². The first-order chi connectivity index (χ1) is 13.7. The molecule has 2 amide bonds. The van der Waals surface area contributed by atoms with Crippen molar-refractivity contribution in [3.63, 3.8) is 0 Å². The molecular formula is C22H29N3O3. The number of carbonyl (C=O) groups excluding carboxylic acids is 1. The number of aromatic nitrogens is 1. The average Bonchev–Trinajstić information content (AvgIpc) is 3.24. The molecule has 2 heterocycles. The number of urea groups is 1. The van der Waals surface area contributed by atoms with Gasteiger partial charge in [-0.2, -0.15) is 0 Å². The zero-order valence-corrected chi connectivity index (χ0v) is 16.7. The van der Waals surface area contributed by atoms with Crippen molar-refractivity contribution in [1.82, 2.24) is 15.2 Å². The molecule has 1 atom stereocenters. The molecule has 0 saturated carbocycles. The van der Waals surface area contributed by atoms with Gasteiger partial charge in [-0.3, -0.25) is 4.98 Å². The number of carbonyl (C=O) groups is 1. The van der Waals surface area contributed by atoms with Crippen molar-refractivity contribution in [3.05, 3.63) is 59.4 Å². The Morgan fingerprint density at radius 2 is 2.14 bits per heavy atom. The van der Waals surface area contributed by atoms with Crippen LogP contribution in [-0.4, -0.2) is 48.8 Å². The molecule has 6 nitrogen and oxygen atoms in total. The number of rotatable bonds is 8. The fourth-order valence-corrected chi connectivity index (χ4v) is 3.34. The van der Waals surface area contributed by atoms with Crippen LogP contribution in [0.2, 0.25) is 0 Å². The summed E-state index contributed by atoms with van der Waals surface area (Å²) < 4.78 is 11.0. The van der Waals surface area contributed by atoms with E-state index in [4.69, 9.17) is 9.47 Å². The Morgan fingerprint density at radius 1 is 1.32 bits per heavy atom. The van der Waals surface area contributed by atoms with Gasteiger partial charge in [0.2, 0.25) is 0 Å². The molecular weight excluding hydrogens is 354 g/mol. The van der Waals surface area contributed by atoms with Crippen LogP contribution in [0.25, 0.3) is 0 Å². The van der Waals surface area contributed by atoms with Crippen molar-refractivity contribution in [1.29, 1.82) is 0 Å². The number of nitrogens with zero attached hydrogens (tertiary/aromatic N) is 2. The zero-order chi connectivity index (χ0) is 19.8. The summed E-state index contributed by atoms with van der Waals surface area (Å²) in [5, 5.41) is 3.02. The first-order valence-electron chi connectivity index (χ1n) is 9.83. The molecule has 1 aliphatic heterocycles. The summed E-state index contributed by atoms with van der Waals surface area (Å²) in [5.41, 5.74) is 3.14. The van der Waals surface area contributed by atoms with Gasteiger partial charge >= 0.3 is 6.03 Å². The number of aryl methyl sites for hydroxylation is 1. The summed E-state index contributed by atoms with van der Waals surface area (Å²) in [7, 11) is 1.66. The second kappa shape index (κ2) is 10.1. The molecule has 6 heteroatoms. The predicted molar refractivity (Wildman–Crippen MR) is 108 cm³/mol. The number of amides is 2. The van der Waals surface area contributed by atoms with Crippen LogP contribution in [0.3, 0.4) is 0 Å². The molecule has 1 unspecified atom stereocenters. The number of benzene rings is 1. The molecule has 1 aromatic carbocycles. The lowest BCUT2D eigenvalue weighted by atomic mass is 10.1. The zero-order valence-electron chi connectivity index (χ0n) is 16.7. The Balaban J connectivity index is 1.59. The summed E-state index contributed by atoms with van der Waals surface area (Å²) in [6.45, 7) is 4.46. The Hall–Kier alpha value is -2.60. The lowest BCUT2D eigenvalue weighted by Crippen LogP contribution is -2.44. The molecule has 3 rings (SSSR count). The summed E-state index contributed by atoms with van der Waals surface area (Å²) in [5.74, 6) is 0.837. The molecule has 1 fully saturated rings. The smallest absolute Gasteiger partial charge is 0.317 e. The van der Waals surface area contributed by atoms with Crippen LogP contribution in [0.4, 0.5) is 4.79 Å². The van der Waals surface area contributed by atoms with E-state index in [1.165, 1.54) is 5.56 Å². The summed E-state index contributed by atoms with van der Waals surface area (Å²) in [6.07, 6.45) is 4.73. The Labute approximate surface area is 166 Å². The number of hydrogen-bond donors (Lipinski definition) is 1. The van der Waals surface area contributed by atoms with E-state index in [0.29, 0.717) is 19.6 Å². The largest absolute Gasteiger partial charge is 0.497 e. The number of ether oxygens (including phenoxy) is 2. The minimum absolute atomic E-state index is 0.0749. The van der Waals surface area contributed by atoms with Crippen molar-refractivity contribution in [2.24, 2.45) is 0 Å². The Morgan fingerprint density at radius 3 is 2.82 bits per heavy atom. The third-order valence-electron chi connectivity index (χ3n) is 5.09. The van der Waals surface area contributed by atoms with E-state index >= 15 is 0 Å². The number of hydrogen-bond acceptors (Lipinski definition) is 4. The van der Waals surface area contributed by atoms with E-state index in [-0.39, 0.29) is 12.1 Å². The highest BCUT2D eigenvalue weighted by atomic mass is 16.5. The second-order valence-corrected chi connectivity index (χ2v) is 7.10. The van der Waals surface area contributed by atoms with Crippen LogP contribution < -0.4 is 10.1 Å². The molecule has 0 radical (unpaired) electrons. The quantitative estimate of drug-likeness (QED) is 0.759. The lowest BCUT2D eigenvalue weighted by Gasteiger charge is -2.26. The van der Waals surface area contributed by atoms with Crippen molar-refractivity contribution < 1.29 is 14.3 Å². The molecule has 1 saturated heterocycles. The normalized spacial score (nSPS) is 16.0. The second-order valence-electron chi connectivity index (χ2n) is 7.10. The van der Waals surface area contributed by atoms with Gasteiger partial charge in [-0.25, -0.2) is 4.79 Å². The molecule has 2 aromatic rings. The fourth-order valence-electron chi connectivity index (χ4n) is 3.34. The highest BCUT2D eigenvalue weighted by Gasteiger charge is 2.22. The topological polar surface area (TPSA) is 63.7 Å². The van der Waals surface area contributed by atoms with Crippen LogP contribution >= 0.6 is 0 Å². The monoisotopic (exact) mass is 383 g/mol. The molecule has 28 heavy (non-hydrogen) atoms. The third-order valence-corrected chi connectivity index (χ3v) is 5.09. The van der Waals surface area contributed by atoms with E-state index in [0.717, 1.165) is 42.9 Å². The maximum Gasteiger partial charge on any atom is 0.317 e. The summed E-state index contributed by atoms with van der Waals surface area (Å²) in [6, 6.07) is 11.8. The van der Waals surface area contributed by atoms with E-state index in [1.54, 1.807) is 13.3 Å². The predicted octanol–water partition coefficient (Wildman–Crippen LogP) is 3.33. The summed E-state index contributed by atoms with van der Waals surface area (Å²) in [4.78, 5) is 19.1. The van der Waals surface area contributed by atoms with E-state index in [9.17, 15) is 4.79 Å². The van der Waals surface area contributed by atoms with Crippen LogP contribution in [0.5, 0.6) is 5.75 Å². The lowest BCUT2D eigenvalue weighted by molar-refractivity contribution is 0.0815. The molecule has 0 bridgehead atoms. The van der Waals surface area contributed by atoms with Gasteiger partial charge in [0.25, 0.3) is 0 Å². The SMILES string of the molecule is COc1ccc(CCN(CC2CCCO2)C(=O)NCc2ncccc2C)cc1. The maximum atomic E-state index is 12.8. The summed E-state index contributed by atoms with van der Waals surface area (Å²) >= 11 is 0. The molecule has 150 valence electrons. The van der Waals surface area contributed by atoms with Crippen LogP contribution in [0, 0.1) is 6.92 Å². The van der Waals surface area contributed by atoms with Crippen LogP contribution in [-0.2, 0) is 17.7 Å². The minimum Gasteiger partial charge on any atom is -0.497 e. The van der Waals surface area contributed by atoms with E-state index < -0.39 is 0 Å². The van der Waals surface area contributed by atoms with Gasteiger partial charge in [0, 0.05) is 25.9 Å². The highest BCUT2D eigenvalue weighted by Crippen LogP contribution is 2.15. The van der Waals surface area contributed by atoms with Crippen molar-refractivity contribution in [2.75, 3.05) is 26.8 Å². The number of methoxy groups -OCH3 is 1. The first-order valence-corrected chi connectivity index (χ1v) is 9.83. The van der Waals surface area contributed by atoms with Crippen molar-refractivity contribution >= 4 is 6.03 Å². The molecule has 1 aliphatic rings. The van der Waals surface area contributed by atoms with Gasteiger partial charge in [0.1, 0.15) is 5.75 Å². The Kier molecular flexibility index (Phi) is 7.25. The van der Waals surface area contributed by atoms with Crippen LogP contribution in [0.15, 0.2) is 42.6 Å². The molecule has 0 spiro atoms. The van der Waals surface area contributed by atoms with Gasteiger partial charge in [0.05, 0.1) is 25.5 Å². The van der Waals surface area contributed by atoms with E-state index in [1.807, 2.05) is 48.2 Å². The van der Waals surface area contributed by atoms with Gasteiger partial charge in [-0.1, -0.05) is 18.2 Å². The van der Waals surface area contributed by atoms with Crippen molar-refractivity contribution in [2.45, 2.75) is 38.8 Å². The maximum absolute atomic E-state index is 12.8. The van der Waals surface area contributed by atoms with E-state index in [2.05, 4.69) is 10.3 Å². The molecule has 1 aromatic heterocycles. The average molecular weight is 383 g/mol. The van der Waals surface area contributed by atoms with Gasteiger partial charge in [-0.05, 0) is 55.5 Å². The van der Waals surface area contributed by atoms with Gasteiger partial charge in [-0.15, -0.1) is 0 Å². The standard InChI is InChI=1S/C22H29N3O3/c1-17-5-3-12-23-21(17)15-24-22(26)25(16-20-6-4-14-28-20)13-11-18-7-9-19(27-2)10-8-18/h3,5,7-10,12,20H,4,6,11,13-16H2,1-2H3,(H,24,26). The first kappa shape index (κ1) is 20.1. The third kappa shape index (κ3) is 5.70. The number of pyridine rings is 1. The Bertz CT molecular complexity index is 758. The fraction of sp³-hybridized carbons (Fsp3) is 0.455. The number of nitrogens with one attached hydrogen (secondary N) is 1. The van der Waals surface area contributed by atoms with Gasteiger partial charge < -0.3 is 19.7 Å². The molecule has 0 aliphatic carbocycles. The minimum atomic E-state index is -0.0749.